The highest BCUT2D eigenvalue weighted by atomic mass is 19.1. The molecule has 0 heterocycles. The van der Waals surface area contributed by atoms with Crippen molar-refractivity contribution in [2.24, 2.45) is 5.92 Å². The van der Waals surface area contributed by atoms with E-state index in [1.807, 2.05) is 13.8 Å². The van der Waals surface area contributed by atoms with E-state index >= 15 is 0 Å². The minimum atomic E-state index is -1.12. The van der Waals surface area contributed by atoms with Gasteiger partial charge in [-0.3, -0.25) is 9.59 Å². The summed E-state index contributed by atoms with van der Waals surface area (Å²) in [5.74, 6) is -1.73. The fourth-order valence-electron chi connectivity index (χ4n) is 2.70. The molecule has 0 aliphatic heterocycles. The van der Waals surface area contributed by atoms with E-state index in [2.05, 4.69) is 10.6 Å². The highest BCUT2D eigenvalue weighted by Gasteiger charge is 2.25. The summed E-state index contributed by atoms with van der Waals surface area (Å²) < 4.78 is 27.0. The van der Waals surface area contributed by atoms with Gasteiger partial charge in [0.05, 0.1) is 12.1 Å². The molecule has 2 unspecified atom stereocenters. The molecular weight excluding hydrogens is 342 g/mol. The van der Waals surface area contributed by atoms with Gasteiger partial charge in [0.15, 0.2) is 0 Å². The van der Waals surface area contributed by atoms with Crippen LogP contribution in [0.4, 0.5) is 8.78 Å². The van der Waals surface area contributed by atoms with Gasteiger partial charge in [0.1, 0.15) is 11.6 Å². The molecule has 146 valence electrons. The van der Waals surface area contributed by atoms with Crippen LogP contribution in [-0.4, -0.2) is 29.1 Å². The predicted molar refractivity (Wildman–Crippen MR) is 95.2 cm³/mol. The minimum absolute atomic E-state index is 0.119. The highest BCUT2D eigenvalue weighted by Crippen LogP contribution is 2.22. The number of carbonyl (C=O) groups excluding carboxylic acids is 2. The lowest BCUT2D eigenvalue weighted by atomic mass is 9.96. The summed E-state index contributed by atoms with van der Waals surface area (Å²) in [7, 11) is 0. The Hall–Kier alpha value is -2.02. The van der Waals surface area contributed by atoms with Crippen molar-refractivity contribution in [2.75, 3.05) is 0 Å². The number of aliphatic hydroxyl groups excluding tert-OH is 1. The molecule has 0 bridgehead atoms. The number of amides is 2. The van der Waals surface area contributed by atoms with Gasteiger partial charge in [0, 0.05) is 25.5 Å². The molecule has 2 amide bonds. The summed E-state index contributed by atoms with van der Waals surface area (Å²) in [6.45, 7) is 7.03. The van der Waals surface area contributed by atoms with E-state index in [-0.39, 0.29) is 23.9 Å². The Morgan fingerprint density at radius 2 is 1.65 bits per heavy atom. The van der Waals surface area contributed by atoms with Crippen molar-refractivity contribution in [3.63, 3.8) is 0 Å². The number of hydrogen-bond acceptors (Lipinski definition) is 3. The third-order valence-corrected chi connectivity index (χ3v) is 3.94. The van der Waals surface area contributed by atoms with Gasteiger partial charge in [-0.2, -0.15) is 0 Å². The molecular formula is C19H28F2N2O3. The molecule has 0 aromatic heterocycles. The van der Waals surface area contributed by atoms with Crippen LogP contribution >= 0.6 is 0 Å². The number of carbonyl (C=O) groups is 2. The molecule has 26 heavy (non-hydrogen) atoms. The second-order valence-electron chi connectivity index (χ2n) is 7.09. The zero-order valence-electron chi connectivity index (χ0n) is 15.7. The quantitative estimate of drug-likeness (QED) is 0.625. The zero-order chi connectivity index (χ0) is 19.9. The summed E-state index contributed by atoms with van der Waals surface area (Å²) in [5.41, 5.74) is 0.128. The monoisotopic (exact) mass is 370 g/mol. The van der Waals surface area contributed by atoms with Gasteiger partial charge in [-0.05, 0) is 43.4 Å². The third kappa shape index (κ3) is 7.91. The SMILES string of the molecule is CC(=O)NC(c1cc(F)cc(F)c1)[C@@H](O)CC(C)NC(=O)CCC(C)C. The van der Waals surface area contributed by atoms with Gasteiger partial charge in [-0.25, -0.2) is 8.78 Å². The number of halogens is 2. The Kier molecular flexibility index (Phi) is 8.65. The molecule has 0 aliphatic carbocycles. The Labute approximate surface area is 153 Å². The third-order valence-electron chi connectivity index (χ3n) is 3.94. The van der Waals surface area contributed by atoms with E-state index in [0.717, 1.165) is 24.6 Å². The predicted octanol–water partition coefficient (Wildman–Crippen LogP) is 2.83. The van der Waals surface area contributed by atoms with Gasteiger partial charge in [-0.15, -0.1) is 0 Å². The second-order valence-corrected chi connectivity index (χ2v) is 7.09. The first-order chi connectivity index (χ1) is 12.1. The maximum absolute atomic E-state index is 13.5. The molecule has 0 spiro atoms. The van der Waals surface area contributed by atoms with Crippen molar-refractivity contribution in [1.29, 1.82) is 0 Å². The lowest BCUT2D eigenvalue weighted by molar-refractivity contribution is -0.123. The van der Waals surface area contributed by atoms with E-state index in [9.17, 15) is 23.5 Å². The zero-order valence-corrected chi connectivity index (χ0v) is 15.7. The Bertz CT molecular complexity index is 603. The summed E-state index contributed by atoms with van der Waals surface area (Å²) in [4.78, 5) is 23.3. The van der Waals surface area contributed by atoms with Crippen molar-refractivity contribution < 1.29 is 23.5 Å². The molecule has 0 radical (unpaired) electrons. The second kappa shape index (κ2) is 10.2. The van der Waals surface area contributed by atoms with E-state index < -0.39 is 29.7 Å². The molecule has 0 fully saturated rings. The molecule has 1 aromatic rings. The summed E-state index contributed by atoms with van der Waals surface area (Å²) in [6.07, 6.45) is 0.150. The molecule has 0 aliphatic rings. The number of benzene rings is 1. The fourth-order valence-corrected chi connectivity index (χ4v) is 2.70. The van der Waals surface area contributed by atoms with Crippen LogP contribution in [0.3, 0.4) is 0 Å². The minimum Gasteiger partial charge on any atom is -0.391 e. The number of hydrogen-bond donors (Lipinski definition) is 3. The first-order valence-corrected chi connectivity index (χ1v) is 8.79. The molecule has 1 rings (SSSR count). The number of nitrogens with one attached hydrogen (secondary N) is 2. The molecule has 0 saturated heterocycles. The number of aliphatic hydroxyl groups is 1. The molecule has 5 nitrogen and oxygen atoms in total. The van der Waals surface area contributed by atoms with Gasteiger partial charge in [-0.1, -0.05) is 13.8 Å². The van der Waals surface area contributed by atoms with Crippen molar-refractivity contribution >= 4 is 11.8 Å². The standard InChI is InChI=1S/C19H28F2N2O3/c1-11(2)5-6-18(26)22-12(3)7-17(25)19(23-13(4)24)14-8-15(20)10-16(21)9-14/h8-12,17,19,25H,5-7H2,1-4H3,(H,22,26)(H,23,24)/t12?,17-,19?/m0/s1. The lowest BCUT2D eigenvalue weighted by Crippen LogP contribution is -2.41. The Morgan fingerprint density at radius 1 is 1.08 bits per heavy atom. The van der Waals surface area contributed by atoms with Gasteiger partial charge in [0.25, 0.3) is 0 Å². The van der Waals surface area contributed by atoms with Crippen LogP contribution in [0.1, 0.15) is 58.6 Å². The normalized spacial score (nSPS) is 14.6. The smallest absolute Gasteiger partial charge is 0.220 e. The maximum atomic E-state index is 13.5. The molecule has 3 N–H and O–H groups in total. The first kappa shape index (κ1) is 22.0. The average molecular weight is 370 g/mol. The average Bonchev–Trinajstić information content (AvgIpc) is 2.49. The summed E-state index contributed by atoms with van der Waals surface area (Å²) >= 11 is 0. The van der Waals surface area contributed by atoms with E-state index in [4.69, 9.17) is 0 Å². The van der Waals surface area contributed by atoms with Crippen LogP contribution in [0.25, 0.3) is 0 Å². The van der Waals surface area contributed by atoms with Crippen LogP contribution in [0.5, 0.6) is 0 Å². The van der Waals surface area contributed by atoms with E-state index in [0.29, 0.717) is 12.3 Å². The van der Waals surface area contributed by atoms with Crippen molar-refractivity contribution in [3.8, 4) is 0 Å². The molecule has 0 saturated carbocycles. The van der Waals surface area contributed by atoms with Crippen LogP contribution in [0.15, 0.2) is 18.2 Å². The lowest BCUT2D eigenvalue weighted by Gasteiger charge is -2.27. The van der Waals surface area contributed by atoms with Gasteiger partial charge >= 0.3 is 0 Å². The van der Waals surface area contributed by atoms with Crippen LogP contribution in [-0.2, 0) is 9.59 Å². The summed E-state index contributed by atoms with van der Waals surface area (Å²) in [6, 6.07) is 1.52. The first-order valence-electron chi connectivity index (χ1n) is 8.79. The van der Waals surface area contributed by atoms with Crippen LogP contribution < -0.4 is 10.6 Å². The highest BCUT2D eigenvalue weighted by molar-refractivity contribution is 5.76. The van der Waals surface area contributed by atoms with Crippen LogP contribution in [0.2, 0.25) is 0 Å². The fraction of sp³-hybridized carbons (Fsp3) is 0.579. The Balaban J connectivity index is 2.78. The van der Waals surface area contributed by atoms with Gasteiger partial charge in [0.2, 0.25) is 11.8 Å². The van der Waals surface area contributed by atoms with E-state index in [1.165, 1.54) is 6.92 Å². The van der Waals surface area contributed by atoms with Gasteiger partial charge < -0.3 is 15.7 Å². The number of rotatable bonds is 9. The van der Waals surface area contributed by atoms with Crippen molar-refractivity contribution in [1.82, 2.24) is 10.6 Å². The summed E-state index contributed by atoms with van der Waals surface area (Å²) in [5, 5.41) is 15.8. The van der Waals surface area contributed by atoms with E-state index in [1.54, 1.807) is 6.92 Å². The van der Waals surface area contributed by atoms with Crippen molar-refractivity contribution in [2.45, 2.75) is 65.1 Å². The van der Waals surface area contributed by atoms with Crippen molar-refractivity contribution in [3.05, 3.63) is 35.4 Å². The maximum Gasteiger partial charge on any atom is 0.220 e. The topological polar surface area (TPSA) is 78.4 Å². The molecule has 1 aromatic carbocycles. The van der Waals surface area contributed by atoms with Crippen LogP contribution in [0, 0.1) is 17.6 Å². The Morgan fingerprint density at radius 3 is 2.15 bits per heavy atom. The molecule has 7 heteroatoms. The molecule has 3 atom stereocenters. The largest absolute Gasteiger partial charge is 0.391 e.